The third kappa shape index (κ3) is 3.39. The summed E-state index contributed by atoms with van der Waals surface area (Å²) in [5.41, 5.74) is -0.962. The molecule has 1 fully saturated rings. The summed E-state index contributed by atoms with van der Waals surface area (Å²) in [5.74, 6) is -0.983. The Labute approximate surface area is 137 Å². The highest BCUT2D eigenvalue weighted by molar-refractivity contribution is 5.93. The van der Waals surface area contributed by atoms with Gasteiger partial charge in [-0.05, 0) is 40.2 Å². The van der Waals surface area contributed by atoms with Crippen LogP contribution in [0.15, 0.2) is 30.3 Å². The minimum Gasteiger partial charge on any atom is -0.459 e. The molecule has 126 valence electrons. The zero-order valence-electron chi connectivity index (χ0n) is 14.4. The van der Waals surface area contributed by atoms with Crippen molar-refractivity contribution in [3.05, 3.63) is 35.9 Å². The number of carbonyl (C=O) groups excluding carboxylic acids is 2. The number of esters is 1. The van der Waals surface area contributed by atoms with Gasteiger partial charge < -0.3 is 14.7 Å². The monoisotopic (exact) mass is 319 g/mol. The fraction of sp³-hybridized carbons (Fsp3) is 0.556. The van der Waals surface area contributed by atoms with Gasteiger partial charge in [0.2, 0.25) is 0 Å². The van der Waals surface area contributed by atoms with Crippen molar-refractivity contribution in [3.8, 4) is 0 Å². The molecule has 0 bridgehead atoms. The predicted molar refractivity (Wildman–Crippen MR) is 86.5 cm³/mol. The maximum Gasteiger partial charge on any atom is 0.317 e. The molecule has 1 aliphatic rings. The van der Waals surface area contributed by atoms with Crippen molar-refractivity contribution in [2.45, 2.75) is 52.4 Å². The Morgan fingerprint density at radius 2 is 1.91 bits per heavy atom. The number of hydrogen-bond donors (Lipinski definition) is 1. The first-order valence-corrected chi connectivity index (χ1v) is 7.83. The van der Waals surface area contributed by atoms with Crippen LogP contribution in [0.1, 0.15) is 46.2 Å². The van der Waals surface area contributed by atoms with Crippen molar-refractivity contribution in [2.24, 2.45) is 5.41 Å². The summed E-state index contributed by atoms with van der Waals surface area (Å²) in [5, 5.41) is 10.4. The number of aliphatic hydroxyl groups excluding tert-OH is 1. The number of nitrogens with zero attached hydrogens (tertiary/aromatic N) is 1. The molecule has 1 aromatic rings. The molecule has 2 rings (SSSR count). The summed E-state index contributed by atoms with van der Waals surface area (Å²) in [4.78, 5) is 26.5. The number of carbonyl (C=O) groups is 2. The van der Waals surface area contributed by atoms with Crippen LogP contribution in [0.2, 0.25) is 0 Å². The first-order chi connectivity index (χ1) is 10.6. The Bertz CT molecular complexity index is 593. The first kappa shape index (κ1) is 17.5. The zero-order chi connectivity index (χ0) is 17.4. The summed E-state index contributed by atoms with van der Waals surface area (Å²) < 4.78 is 5.40. The molecule has 1 aliphatic heterocycles. The third-order valence-electron chi connectivity index (χ3n) is 4.23. The van der Waals surface area contributed by atoms with Crippen LogP contribution in [0, 0.1) is 5.41 Å². The summed E-state index contributed by atoms with van der Waals surface area (Å²) in [6, 6.07) is 9.33. The maximum absolute atomic E-state index is 12.5. The quantitative estimate of drug-likeness (QED) is 0.868. The van der Waals surface area contributed by atoms with Gasteiger partial charge in [-0.15, -0.1) is 0 Å². The van der Waals surface area contributed by atoms with Crippen molar-refractivity contribution in [2.75, 3.05) is 6.54 Å². The number of amides is 1. The summed E-state index contributed by atoms with van der Waals surface area (Å²) >= 11 is 0. The number of hydrogen-bond acceptors (Lipinski definition) is 4. The lowest BCUT2D eigenvalue weighted by molar-refractivity contribution is -0.171. The van der Waals surface area contributed by atoms with Crippen molar-refractivity contribution in [1.29, 1.82) is 0 Å². The fourth-order valence-electron chi connectivity index (χ4n) is 2.76. The van der Waals surface area contributed by atoms with Crippen molar-refractivity contribution < 1.29 is 19.4 Å². The van der Waals surface area contributed by atoms with Gasteiger partial charge in [0.05, 0.1) is 6.04 Å². The zero-order valence-corrected chi connectivity index (χ0v) is 14.4. The number of likely N-dealkylation sites (tertiary alicyclic amines) is 1. The van der Waals surface area contributed by atoms with E-state index in [1.165, 1.54) is 0 Å². The second kappa shape index (κ2) is 5.96. The predicted octanol–water partition coefficient (Wildman–Crippen LogP) is 2.30. The Balaban J connectivity index is 2.24. The average Bonchev–Trinajstić information content (AvgIpc) is 2.71. The van der Waals surface area contributed by atoms with Crippen molar-refractivity contribution in [1.82, 2.24) is 4.90 Å². The molecule has 1 amide bonds. The highest BCUT2D eigenvalue weighted by Gasteiger charge is 2.56. The molecular formula is C18H25NO4. The lowest BCUT2D eigenvalue weighted by Gasteiger charge is -2.30. The molecule has 1 heterocycles. The number of ether oxygens (including phenoxy) is 1. The van der Waals surface area contributed by atoms with E-state index < -0.39 is 29.0 Å². The van der Waals surface area contributed by atoms with E-state index in [0.717, 1.165) is 5.56 Å². The standard InChI is InChI=1S/C18H25NO4/c1-12(13-9-7-6-8-10-13)19-11-18(5,14(20)15(19)21)16(22)23-17(2,3)4/h6-10,12,14,20H,11H2,1-5H3/t12-,14?,18+/m0/s1. The molecule has 23 heavy (non-hydrogen) atoms. The molecule has 5 nitrogen and oxygen atoms in total. The Morgan fingerprint density at radius 1 is 1.35 bits per heavy atom. The van der Waals surface area contributed by atoms with Gasteiger partial charge in [0.1, 0.15) is 11.0 Å². The number of aliphatic hydroxyl groups is 1. The number of benzene rings is 1. The van der Waals surface area contributed by atoms with Gasteiger partial charge in [-0.3, -0.25) is 9.59 Å². The lowest BCUT2D eigenvalue weighted by Crippen LogP contribution is -2.44. The van der Waals surface area contributed by atoms with Crippen molar-refractivity contribution >= 4 is 11.9 Å². The van der Waals surface area contributed by atoms with E-state index in [9.17, 15) is 14.7 Å². The van der Waals surface area contributed by atoms with Gasteiger partial charge in [-0.1, -0.05) is 30.3 Å². The molecular weight excluding hydrogens is 294 g/mol. The minimum atomic E-state index is -1.39. The fourth-order valence-corrected chi connectivity index (χ4v) is 2.76. The van der Waals surface area contributed by atoms with Gasteiger partial charge in [-0.2, -0.15) is 0 Å². The normalized spacial score (nSPS) is 26.3. The van der Waals surface area contributed by atoms with Crippen LogP contribution in [-0.4, -0.2) is 40.1 Å². The van der Waals surface area contributed by atoms with Crippen molar-refractivity contribution in [3.63, 3.8) is 0 Å². The van der Waals surface area contributed by atoms with Gasteiger partial charge in [-0.25, -0.2) is 0 Å². The molecule has 1 N–H and O–H groups in total. The lowest BCUT2D eigenvalue weighted by atomic mass is 9.87. The van der Waals surface area contributed by atoms with Gasteiger partial charge in [0.25, 0.3) is 5.91 Å². The highest BCUT2D eigenvalue weighted by atomic mass is 16.6. The first-order valence-electron chi connectivity index (χ1n) is 7.83. The minimum absolute atomic E-state index is 0.137. The van der Waals surface area contributed by atoms with Gasteiger partial charge in [0, 0.05) is 6.54 Å². The molecule has 3 atom stereocenters. The van der Waals surface area contributed by atoms with Crippen LogP contribution < -0.4 is 0 Å². The molecule has 0 radical (unpaired) electrons. The number of rotatable bonds is 3. The maximum atomic E-state index is 12.5. The molecule has 1 saturated heterocycles. The van der Waals surface area contributed by atoms with Crippen LogP contribution in [0.3, 0.4) is 0 Å². The van der Waals surface area contributed by atoms with Crippen LogP contribution in [0.4, 0.5) is 0 Å². The summed E-state index contributed by atoms with van der Waals surface area (Å²) in [6.07, 6.45) is -1.39. The molecule has 0 saturated carbocycles. The van der Waals surface area contributed by atoms with Crippen LogP contribution in [0.25, 0.3) is 0 Å². The van der Waals surface area contributed by atoms with E-state index in [4.69, 9.17) is 4.74 Å². The van der Waals surface area contributed by atoms with Gasteiger partial charge >= 0.3 is 5.97 Å². The van der Waals surface area contributed by atoms with E-state index >= 15 is 0 Å². The van der Waals surface area contributed by atoms with E-state index in [1.807, 2.05) is 37.3 Å². The molecule has 1 unspecified atom stereocenters. The second-order valence-electron chi connectivity index (χ2n) is 7.37. The van der Waals surface area contributed by atoms with E-state index in [0.29, 0.717) is 0 Å². The van der Waals surface area contributed by atoms with Crippen LogP contribution in [0.5, 0.6) is 0 Å². The topological polar surface area (TPSA) is 66.8 Å². The Morgan fingerprint density at radius 3 is 2.43 bits per heavy atom. The largest absolute Gasteiger partial charge is 0.459 e. The Hall–Kier alpha value is -1.88. The molecule has 5 heteroatoms. The summed E-state index contributed by atoms with van der Waals surface area (Å²) in [7, 11) is 0. The molecule has 0 aliphatic carbocycles. The molecule has 0 aromatic heterocycles. The second-order valence-corrected chi connectivity index (χ2v) is 7.37. The SMILES string of the molecule is C[C@@H](c1ccccc1)N1C[C@@](C)(C(=O)OC(C)(C)C)C(O)C1=O. The molecule has 0 spiro atoms. The smallest absolute Gasteiger partial charge is 0.317 e. The average molecular weight is 319 g/mol. The van der Waals surface area contributed by atoms with E-state index in [1.54, 1.807) is 32.6 Å². The van der Waals surface area contributed by atoms with Crippen LogP contribution >= 0.6 is 0 Å². The Kier molecular flexibility index (Phi) is 4.53. The van der Waals surface area contributed by atoms with E-state index in [-0.39, 0.29) is 12.6 Å². The summed E-state index contributed by atoms with van der Waals surface area (Å²) in [6.45, 7) is 8.91. The highest BCUT2D eigenvalue weighted by Crippen LogP contribution is 2.38. The van der Waals surface area contributed by atoms with Gasteiger partial charge in [0.15, 0.2) is 6.10 Å². The van der Waals surface area contributed by atoms with E-state index in [2.05, 4.69) is 0 Å². The van der Waals surface area contributed by atoms with Crippen LogP contribution in [-0.2, 0) is 14.3 Å². The third-order valence-corrected chi connectivity index (χ3v) is 4.23. The molecule has 1 aromatic carbocycles.